The molecule has 0 aliphatic carbocycles. The summed E-state index contributed by atoms with van der Waals surface area (Å²) in [6.45, 7) is 11.7. The molecule has 1 aliphatic rings. The number of pyridine rings is 1. The van der Waals surface area contributed by atoms with Crippen LogP contribution in [0.3, 0.4) is 0 Å². The van der Waals surface area contributed by atoms with E-state index in [1.54, 1.807) is 6.07 Å². The van der Waals surface area contributed by atoms with Crippen molar-refractivity contribution in [3.8, 4) is 0 Å². The molecule has 5 nitrogen and oxygen atoms in total. The van der Waals surface area contributed by atoms with E-state index in [4.69, 9.17) is 9.31 Å². The molecule has 1 amide bonds. The number of hydrogen-bond acceptors (Lipinski definition) is 4. The Morgan fingerprint density at radius 1 is 1.19 bits per heavy atom. The fourth-order valence-electron chi connectivity index (χ4n) is 2.25. The van der Waals surface area contributed by atoms with Crippen molar-refractivity contribution in [2.24, 2.45) is 0 Å². The largest absolute Gasteiger partial charge is 0.478 e. The van der Waals surface area contributed by atoms with E-state index in [2.05, 4.69) is 10.3 Å². The predicted octanol–water partition coefficient (Wildman–Crippen LogP) is 2.06. The molecule has 0 bridgehead atoms. The number of hydrogen-bond donors (Lipinski definition) is 1. The zero-order valence-corrected chi connectivity index (χ0v) is 13.6. The highest BCUT2D eigenvalue weighted by atomic mass is 16.7. The van der Waals surface area contributed by atoms with Crippen molar-refractivity contribution >= 4 is 13.0 Å². The quantitative estimate of drug-likeness (QED) is 0.866. The molecule has 0 spiro atoms. The van der Waals surface area contributed by atoms with E-state index in [0.717, 1.165) is 11.4 Å². The molecular formula is C15H23BN2O3. The van der Waals surface area contributed by atoms with Gasteiger partial charge in [0.15, 0.2) is 0 Å². The van der Waals surface area contributed by atoms with Gasteiger partial charge in [-0.15, -0.1) is 0 Å². The zero-order chi connectivity index (χ0) is 15.8. The highest BCUT2D eigenvalue weighted by Crippen LogP contribution is 2.36. The summed E-state index contributed by atoms with van der Waals surface area (Å²) in [6, 6.07) is 3.62. The third-order valence-corrected chi connectivity index (χ3v) is 4.20. The predicted molar refractivity (Wildman–Crippen MR) is 82.1 cm³/mol. The first kappa shape index (κ1) is 16.0. The highest BCUT2D eigenvalue weighted by molar-refractivity contribution is 6.46. The number of nitrogens with one attached hydrogen (secondary N) is 1. The number of aromatic nitrogens is 1. The molecule has 21 heavy (non-hydrogen) atoms. The van der Waals surface area contributed by atoms with Gasteiger partial charge in [-0.25, -0.2) is 0 Å². The van der Waals surface area contributed by atoms with Crippen molar-refractivity contribution in [1.29, 1.82) is 0 Å². The van der Waals surface area contributed by atoms with Crippen molar-refractivity contribution in [3.05, 3.63) is 29.1 Å². The minimum Gasteiger partial charge on any atom is -0.402 e. The van der Waals surface area contributed by atoms with Crippen LogP contribution in [0.4, 0.5) is 0 Å². The lowest BCUT2D eigenvalue weighted by atomic mass is 9.90. The second kappa shape index (κ2) is 5.42. The standard InChI is InChI=1S/C15H23BN2O3/c1-10-7-8-12(11(2)18-10)13(19)17-9-16-20-14(3,4)15(5,6)21-16/h7-8H,9H2,1-6H3,(H,17,19). The maximum atomic E-state index is 12.2. The van der Waals surface area contributed by atoms with Gasteiger partial charge >= 0.3 is 7.12 Å². The summed E-state index contributed by atoms with van der Waals surface area (Å²) >= 11 is 0. The van der Waals surface area contributed by atoms with Crippen molar-refractivity contribution in [2.45, 2.75) is 52.7 Å². The highest BCUT2D eigenvalue weighted by Gasteiger charge is 2.50. The smallest absolute Gasteiger partial charge is 0.402 e. The molecule has 0 aromatic carbocycles. The average molecular weight is 290 g/mol. The third kappa shape index (κ3) is 3.27. The molecule has 2 heterocycles. The first-order chi connectivity index (χ1) is 9.62. The second-order valence-electron chi connectivity index (χ2n) is 6.48. The maximum Gasteiger partial charge on any atom is 0.478 e. The molecule has 0 unspecified atom stereocenters. The summed E-state index contributed by atoms with van der Waals surface area (Å²) < 4.78 is 11.7. The van der Waals surface area contributed by atoms with Crippen LogP contribution in [0, 0.1) is 13.8 Å². The van der Waals surface area contributed by atoms with E-state index in [-0.39, 0.29) is 17.1 Å². The van der Waals surface area contributed by atoms with Gasteiger partial charge in [-0.3, -0.25) is 9.78 Å². The zero-order valence-electron chi connectivity index (χ0n) is 13.6. The fraction of sp³-hybridized carbons (Fsp3) is 0.600. The van der Waals surface area contributed by atoms with Crippen molar-refractivity contribution in [2.75, 3.05) is 6.44 Å². The molecule has 0 saturated carbocycles. The molecule has 1 aromatic rings. The Morgan fingerprint density at radius 2 is 1.76 bits per heavy atom. The van der Waals surface area contributed by atoms with Gasteiger partial charge in [-0.2, -0.15) is 0 Å². The molecule has 1 fully saturated rings. The third-order valence-electron chi connectivity index (χ3n) is 4.20. The van der Waals surface area contributed by atoms with Crippen LogP contribution in [-0.4, -0.2) is 35.7 Å². The van der Waals surface area contributed by atoms with Gasteiger partial charge in [0.25, 0.3) is 5.91 Å². The summed E-state index contributed by atoms with van der Waals surface area (Å²) in [7, 11) is -0.433. The molecule has 1 aliphatic heterocycles. The molecule has 2 rings (SSSR count). The fourth-order valence-corrected chi connectivity index (χ4v) is 2.25. The van der Waals surface area contributed by atoms with Gasteiger partial charge in [-0.1, -0.05) is 0 Å². The normalized spacial score (nSPS) is 19.6. The summed E-state index contributed by atoms with van der Waals surface area (Å²) in [4.78, 5) is 16.5. The minimum atomic E-state index is -0.433. The molecule has 0 atom stereocenters. The van der Waals surface area contributed by atoms with Gasteiger partial charge in [0, 0.05) is 5.69 Å². The van der Waals surface area contributed by atoms with Crippen molar-refractivity contribution < 1.29 is 14.1 Å². The molecule has 0 radical (unpaired) electrons. The molecule has 1 saturated heterocycles. The topological polar surface area (TPSA) is 60.5 Å². The Hall–Kier alpha value is -1.40. The van der Waals surface area contributed by atoms with Crippen LogP contribution in [0.5, 0.6) is 0 Å². The van der Waals surface area contributed by atoms with Gasteiger partial charge in [0.2, 0.25) is 0 Å². The van der Waals surface area contributed by atoms with Crippen LogP contribution in [0.1, 0.15) is 49.4 Å². The minimum absolute atomic E-state index is 0.158. The van der Waals surface area contributed by atoms with Gasteiger partial charge < -0.3 is 14.6 Å². The van der Waals surface area contributed by atoms with Crippen LogP contribution in [0.25, 0.3) is 0 Å². The van der Waals surface area contributed by atoms with Gasteiger partial charge in [-0.05, 0) is 53.7 Å². The number of aryl methyl sites for hydroxylation is 2. The molecule has 114 valence electrons. The maximum absolute atomic E-state index is 12.2. The SMILES string of the molecule is Cc1ccc(C(=O)NCB2OC(C)(C)C(C)(C)O2)c(C)n1. The lowest BCUT2D eigenvalue weighted by Crippen LogP contribution is -2.41. The van der Waals surface area contributed by atoms with Gasteiger partial charge in [0.05, 0.1) is 28.9 Å². The average Bonchev–Trinajstić information content (AvgIpc) is 2.55. The lowest BCUT2D eigenvalue weighted by Gasteiger charge is -2.32. The van der Waals surface area contributed by atoms with Crippen LogP contribution < -0.4 is 5.32 Å². The van der Waals surface area contributed by atoms with E-state index >= 15 is 0 Å². The lowest BCUT2D eigenvalue weighted by molar-refractivity contribution is 0.00578. The van der Waals surface area contributed by atoms with E-state index < -0.39 is 7.12 Å². The molecular weight excluding hydrogens is 267 g/mol. The number of carbonyl (C=O) groups is 1. The van der Waals surface area contributed by atoms with E-state index in [1.165, 1.54) is 0 Å². The summed E-state index contributed by atoms with van der Waals surface area (Å²) in [5, 5.41) is 2.85. The Kier molecular flexibility index (Phi) is 4.13. The Bertz CT molecular complexity index is 542. The van der Waals surface area contributed by atoms with Crippen molar-refractivity contribution in [3.63, 3.8) is 0 Å². The van der Waals surface area contributed by atoms with E-state index in [0.29, 0.717) is 12.0 Å². The first-order valence-electron chi connectivity index (χ1n) is 7.20. The second-order valence-corrected chi connectivity index (χ2v) is 6.48. The summed E-state index contributed by atoms with van der Waals surface area (Å²) in [6.07, 6.45) is 0.318. The summed E-state index contributed by atoms with van der Waals surface area (Å²) in [5.41, 5.74) is 1.43. The molecule has 1 N–H and O–H groups in total. The monoisotopic (exact) mass is 290 g/mol. The van der Waals surface area contributed by atoms with Crippen LogP contribution >= 0.6 is 0 Å². The molecule has 6 heteroatoms. The van der Waals surface area contributed by atoms with Crippen molar-refractivity contribution in [1.82, 2.24) is 10.3 Å². The number of amides is 1. The van der Waals surface area contributed by atoms with E-state index in [1.807, 2.05) is 47.6 Å². The number of carbonyl (C=O) groups excluding carboxylic acids is 1. The molecule has 1 aromatic heterocycles. The van der Waals surface area contributed by atoms with Crippen LogP contribution in [0.2, 0.25) is 0 Å². The van der Waals surface area contributed by atoms with Crippen LogP contribution in [-0.2, 0) is 9.31 Å². The van der Waals surface area contributed by atoms with Crippen LogP contribution in [0.15, 0.2) is 12.1 Å². The first-order valence-corrected chi connectivity index (χ1v) is 7.20. The Labute approximate surface area is 126 Å². The Balaban J connectivity index is 1.97. The Morgan fingerprint density at radius 3 is 2.29 bits per heavy atom. The number of rotatable bonds is 3. The number of nitrogens with zero attached hydrogens (tertiary/aromatic N) is 1. The van der Waals surface area contributed by atoms with E-state index in [9.17, 15) is 4.79 Å². The summed E-state index contributed by atoms with van der Waals surface area (Å²) in [5.74, 6) is -0.158. The van der Waals surface area contributed by atoms with Gasteiger partial charge in [0.1, 0.15) is 0 Å².